The highest BCUT2D eigenvalue weighted by atomic mass is 35.5. The first-order valence-electron chi connectivity index (χ1n) is 10.2. The summed E-state index contributed by atoms with van der Waals surface area (Å²) in [5, 5.41) is 5.53. The van der Waals surface area contributed by atoms with Crippen LogP contribution in [0.5, 0.6) is 5.75 Å². The molecule has 1 aromatic heterocycles. The van der Waals surface area contributed by atoms with Gasteiger partial charge in [0.15, 0.2) is 0 Å². The molecule has 0 saturated carbocycles. The number of nitrogens with zero attached hydrogens (tertiary/aromatic N) is 1. The number of anilines is 1. The fraction of sp³-hybridized carbons (Fsp3) is 0.273. The Morgan fingerprint density at radius 3 is 2.82 bits per heavy atom. The van der Waals surface area contributed by atoms with Gasteiger partial charge < -0.3 is 25.3 Å². The van der Waals surface area contributed by atoms with Crippen LogP contribution in [0.25, 0.3) is 10.9 Å². The lowest BCUT2D eigenvalue weighted by Gasteiger charge is -2.24. The summed E-state index contributed by atoms with van der Waals surface area (Å²) in [5.74, 6) is -1.37. The number of H-pyrrole nitrogens is 1. The van der Waals surface area contributed by atoms with E-state index in [4.69, 9.17) is 11.6 Å². The molecule has 2 atom stereocenters. The Morgan fingerprint density at radius 2 is 2.06 bits per heavy atom. The van der Waals surface area contributed by atoms with Crippen molar-refractivity contribution in [1.29, 1.82) is 0 Å². The Bertz CT molecular complexity index is 1220. The SMILES string of the molecule is O=C(NCc1cccc(Cl)c1F)[C@@H]1C[C@@H](F)CN1C(=O)Nc1c[nH]c2cc(OC(F)F)ccc12. The second kappa shape index (κ2) is 9.80. The minimum atomic E-state index is -2.98. The van der Waals surface area contributed by atoms with E-state index >= 15 is 0 Å². The van der Waals surface area contributed by atoms with Crippen molar-refractivity contribution in [2.45, 2.75) is 31.8 Å². The molecule has 1 fully saturated rings. The molecule has 1 aliphatic heterocycles. The number of ether oxygens (including phenoxy) is 1. The largest absolute Gasteiger partial charge is 0.435 e. The van der Waals surface area contributed by atoms with Crippen molar-refractivity contribution in [1.82, 2.24) is 15.2 Å². The van der Waals surface area contributed by atoms with E-state index in [1.165, 1.54) is 42.6 Å². The number of halogens is 5. The van der Waals surface area contributed by atoms with E-state index in [1.54, 1.807) is 0 Å². The third-order valence-electron chi connectivity index (χ3n) is 5.42. The van der Waals surface area contributed by atoms with E-state index in [1.807, 2.05) is 0 Å². The van der Waals surface area contributed by atoms with Gasteiger partial charge in [-0.2, -0.15) is 8.78 Å². The number of carbonyl (C=O) groups excluding carboxylic acids is 2. The fourth-order valence-electron chi connectivity index (χ4n) is 3.81. The van der Waals surface area contributed by atoms with Gasteiger partial charge in [-0.25, -0.2) is 13.6 Å². The smallest absolute Gasteiger partial charge is 0.387 e. The van der Waals surface area contributed by atoms with Crippen LogP contribution in [-0.4, -0.2) is 47.2 Å². The number of likely N-dealkylation sites (tertiary alicyclic amines) is 1. The molecule has 2 heterocycles. The summed E-state index contributed by atoms with van der Waals surface area (Å²) in [6, 6.07) is 6.67. The molecule has 3 N–H and O–H groups in total. The highest BCUT2D eigenvalue weighted by molar-refractivity contribution is 6.30. The van der Waals surface area contributed by atoms with Crippen molar-refractivity contribution in [3.63, 3.8) is 0 Å². The van der Waals surface area contributed by atoms with Crippen LogP contribution in [0.1, 0.15) is 12.0 Å². The number of aromatic amines is 1. The molecule has 1 saturated heterocycles. The van der Waals surface area contributed by atoms with Crippen molar-refractivity contribution in [2.75, 3.05) is 11.9 Å². The number of rotatable bonds is 6. The number of fused-ring (bicyclic) bond motifs is 1. The predicted molar refractivity (Wildman–Crippen MR) is 117 cm³/mol. The van der Waals surface area contributed by atoms with Crippen LogP contribution in [0.4, 0.5) is 28.0 Å². The van der Waals surface area contributed by atoms with Crippen LogP contribution in [0, 0.1) is 5.82 Å². The number of hydrogen-bond acceptors (Lipinski definition) is 3. The van der Waals surface area contributed by atoms with E-state index in [9.17, 15) is 27.2 Å². The summed E-state index contributed by atoms with van der Waals surface area (Å²) in [5.41, 5.74) is 0.891. The first-order valence-corrected chi connectivity index (χ1v) is 10.6. The molecule has 0 unspecified atom stereocenters. The molecular weight excluding hydrogens is 480 g/mol. The van der Waals surface area contributed by atoms with Gasteiger partial charge in [-0.3, -0.25) is 4.79 Å². The first kappa shape index (κ1) is 23.7. The van der Waals surface area contributed by atoms with Gasteiger partial charge in [-0.15, -0.1) is 0 Å². The summed E-state index contributed by atoms with van der Waals surface area (Å²) < 4.78 is 57.4. The maximum absolute atomic E-state index is 14.1. The molecule has 2 aromatic carbocycles. The van der Waals surface area contributed by atoms with Crippen molar-refractivity contribution in [3.8, 4) is 5.75 Å². The first-order chi connectivity index (χ1) is 16.2. The second-order valence-corrected chi connectivity index (χ2v) is 8.06. The monoisotopic (exact) mass is 498 g/mol. The normalized spacial score (nSPS) is 17.9. The van der Waals surface area contributed by atoms with Crippen LogP contribution in [0.2, 0.25) is 5.02 Å². The molecule has 1 aliphatic rings. The molecule has 4 rings (SSSR count). The Morgan fingerprint density at radius 1 is 1.26 bits per heavy atom. The summed E-state index contributed by atoms with van der Waals surface area (Å²) >= 11 is 5.74. The maximum atomic E-state index is 14.1. The zero-order valence-corrected chi connectivity index (χ0v) is 18.2. The van der Waals surface area contributed by atoms with Crippen molar-refractivity contribution < 1.29 is 31.9 Å². The zero-order chi connectivity index (χ0) is 24.4. The summed E-state index contributed by atoms with van der Waals surface area (Å²) in [4.78, 5) is 29.4. The fourth-order valence-corrected chi connectivity index (χ4v) is 4.01. The molecular formula is C22H19ClF4N4O3. The molecule has 0 radical (unpaired) electrons. The molecule has 7 nitrogen and oxygen atoms in total. The Labute approximate surface area is 196 Å². The summed E-state index contributed by atoms with van der Waals surface area (Å²) in [7, 11) is 0. The van der Waals surface area contributed by atoms with Crippen LogP contribution in [-0.2, 0) is 11.3 Å². The molecule has 3 amide bonds. The van der Waals surface area contributed by atoms with Gasteiger partial charge in [-0.1, -0.05) is 23.7 Å². The molecule has 3 aromatic rings. The van der Waals surface area contributed by atoms with Crippen LogP contribution >= 0.6 is 11.6 Å². The van der Waals surface area contributed by atoms with Gasteiger partial charge in [0.25, 0.3) is 0 Å². The maximum Gasteiger partial charge on any atom is 0.387 e. The van der Waals surface area contributed by atoms with Gasteiger partial charge in [0.05, 0.1) is 22.8 Å². The van der Waals surface area contributed by atoms with E-state index < -0.39 is 36.6 Å². The highest BCUT2D eigenvalue weighted by Crippen LogP contribution is 2.29. The summed E-state index contributed by atoms with van der Waals surface area (Å²) in [6.45, 7) is -3.46. The van der Waals surface area contributed by atoms with E-state index in [0.717, 1.165) is 4.90 Å². The zero-order valence-electron chi connectivity index (χ0n) is 17.5. The molecule has 0 bridgehead atoms. The predicted octanol–water partition coefficient (Wildman–Crippen LogP) is 4.82. The van der Waals surface area contributed by atoms with Crippen LogP contribution in [0.15, 0.2) is 42.6 Å². The lowest BCUT2D eigenvalue weighted by molar-refractivity contribution is -0.124. The van der Waals surface area contributed by atoms with Crippen molar-refractivity contribution >= 4 is 40.1 Å². The number of carbonyl (C=O) groups is 2. The quantitative estimate of drug-likeness (QED) is 0.426. The van der Waals surface area contributed by atoms with Gasteiger partial charge in [-0.05, 0) is 18.2 Å². The Balaban J connectivity index is 1.44. The number of urea groups is 1. The lowest BCUT2D eigenvalue weighted by Crippen LogP contribution is -2.47. The molecule has 0 aliphatic carbocycles. The molecule has 180 valence electrons. The van der Waals surface area contributed by atoms with Gasteiger partial charge in [0.1, 0.15) is 23.8 Å². The topological polar surface area (TPSA) is 86.5 Å². The van der Waals surface area contributed by atoms with Gasteiger partial charge >= 0.3 is 12.6 Å². The molecule has 12 heteroatoms. The minimum absolute atomic E-state index is 0.0603. The highest BCUT2D eigenvalue weighted by Gasteiger charge is 2.40. The average Bonchev–Trinajstić information content (AvgIpc) is 3.37. The number of aromatic nitrogens is 1. The number of nitrogens with one attached hydrogen (secondary N) is 3. The second-order valence-electron chi connectivity index (χ2n) is 7.65. The average molecular weight is 499 g/mol. The van der Waals surface area contributed by atoms with Gasteiger partial charge in [0, 0.05) is 36.2 Å². The number of amides is 3. The van der Waals surface area contributed by atoms with Gasteiger partial charge in [0.2, 0.25) is 5.91 Å². The van der Waals surface area contributed by atoms with Crippen LogP contribution < -0.4 is 15.4 Å². The Hall–Kier alpha value is -3.47. The minimum Gasteiger partial charge on any atom is -0.435 e. The van der Waals surface area contributed by atoms with E-state index in [-0.39, 0.29) is 35.8 Å². The molecule has 0 spiro atoms. The van der Waals surface area contributed by atoms with E-state index in [0.29, 0.717) is 16.6 Å². The van der Waals surface area contributed by atoms with Crippen molar-refractivity contribution in [3.05, 3.63) is 59.0 Å². The lowest BCUT2D eigenvalue weighted by atomic mass is 10.1. The number of hydrogen-bond donors (Lipinski definition) is 3. The molecule has 34 heavy (non-hydrogen) atoms. The van der Waals surface area contributed by atoms with Crippen molar-refractivity contribution in [2.24, 2.45) is 0 Å². The van der Waals surface area contributed by atoms with Crippen LogP contribution in [0.3, 0.4) is 0 Å². The van der Waals surface area contributed by atoms with E-state index in [2.05, 4.69) is 20.4 Å². The summed E-state index contributed by atoms with van der Waals surface area (Å²) in [6.07, 6.45) is -0.185. The number of alkyl halides is 3. The Kier molecular flexibility index (Phi) is 6.82. The number of benzene rings is 2. The standard InChI is InChI=1S/C22H19ClF4N4O3/c23-15-3-1-2-11(19(15)25)8-29-20(32)18-6-12(24)10-31(18)22(33)30-17-9-28-16-7-13(34-21(26)27)4-5-14(16)17/h1-5,7,9,12,18,21,28H,6,8,10H2,(H,29,32)(H,30,33)/t12-,18+/m1/s1. The third kappa shape index (κ3) is 5.04. The third-order valence-corrected chi connectivity index (χ3v) is 5.71.